The van der Waals surface area contributed by atoms with Crippen molar-refractivity contribution < 1.29 is 49.6 Å². The quantitative estimate of drug-likeness (QED) is 0.290. The van der Waals surface area contributed by atoms with Crippen molar-refractivity contribution in [3.05, 3.63) is 0 Å². The van der Waals surface area contributed by atoms with Gasteiger partial charge in [0.1, 0.15) is 48.8 Å². The summed E-state index contributed by atoms with van der Waals surface area (Å²) in [4.78, 5) is 0. The molecule has 2 fully saturated rings. The Morgan fingerprint density at radius 2 is 1.33 bits per heavy atom. The highest BCUT2D eigenvalue weighted by Crippen LogP contribution is 2.29. The molecule has 142 valence electrons. The fraction of sp³-hybridized carbons (Fsp3) is 1.00. The smallest absolute Gasteiger partial charge is 0.187 e. The van der Waals surface area contributed by atoms with Gasteiger partial charge in [-0.05, 0) is 6.92 Å². The average molecular weight is 354 g/mol. The molecule has 0 aromatic carbocycles. The van der Waals surface area contributed by atoms with Gasteiger partial charge in [0, 0.05) is 7.11 Å². The molecule has 0 aliphatic carbocycles. The van der Waals surface area contributed by atoms with E-state index in [0.29, 0.717) is 0 Å². The van der Waals surface area contributed by atoms with Gasteiger partial charge in [-0.25, -0.2) is 0 Å². The molecule has 2 aliphatic heterocycles. The van der Waals surface area contributed by atoms with Gasteiger partial charge in [0.15, 0.2) is 6.29 Å². The summed E-state index contributed by atoms with van der Waals surface area (Å²) in [5.74, 6) is 0. The lowest BCUT2D eigenvalue weighted by Gasteiger charge is -2.46. The monoisotopic (exact) mass is 354 g/mol. The molecule has 0 bridgehead atoms. The van der Waals surface area contributed by atoms with Crippen LogP contribution in [0.2, 0.25) is 0 Å². The third-order valence-corrected chi connectivity index (χ3v) is 4.49. The third kappa shape index (κ3) is 3.73. The van der Waals surface area contributed by atoms with E-state index >= 15 is 0 Å². The molecule has 0 saturated carbocycles. The van der Waals surface area contributed by atoms with Crippen molar-refractivity contribution >= 4 is 0 Å². The van der Waals surface area contributed by atoms with Crippen LogP contribution < -0.4 is 0 Å². The van der Waals surface area contributed by atoms with Gasteiger partial charge in [-0.2, -0.15) is 0 Å². The average Bonchev–Trinajstić information content (AvgIpc) is 2.58. The molecule has 10 atom stereocenters. The summed E-state index contributed by atoms with van der Waals surface area (Å²) >= 11 is 0. The van der Waals surface area contributed by atoms with Crippen molar-refractivity contribution in [1.29, 1.82) is 0 Å². The van der Waals surface area contributed by atoms with Gasteiger partial charge in [-0.1, -0.05) is 0 Å². The zero-order valence-electron chi connectivity index (χ0n) is 13.5. The van der Waals surface area contributed by atoms with Gasteiger partial charge >= 0.3 is 0 Å². The molecule has 24 heavy (non-hydrogen) atoms. The van der Waals surface area contributed by atoms with E-state index in [-0.39, 0.29) is 0 Å². The second-order valence-corrected chi connectivity index (χ2v) is 6.05. The molecule has 2 heterocycles. The largest absolute Gasteiger partial charge is 0.394 e. The summed E-state index contributed by atoms with van der Waals surface area (Å²) in [6.07, 6.45) is -11.8. The van der Waals surface area contributed by atoms with E-state index in [4.69, 9.17) is 18.9 Å². The molecule has 6 N–H and O–H groups in total. The second kappa shape index (κ2) is 8.32. The summed E-state index contributed by atoms with van der Waals surface area (Å²) in [6.45, 7) is 0.552. The first kappa shape index (κ1) is 19.9. The topological polar surface area (TPSA) is 158 Å². The van der Waals surface area contributed by atoms with Crippen LogP contribution in [0.5, 0.6) is 0 Å². The molecule has 0 amide bonds. The molecule has 0 spiro atoms. The Morgan fingerprint density at radius 3 is 1.88 bits per heavy atom. The van der Waals surface area contributed by atoms with Gasteiger partial charge in [-0.3, -0.25) is 0 Å². The summed E-state index contributed by atoms with van der Waals surface area (Å²) < 4.78 is 21.2. The van der Waals surface area contributed by atoms with E-state index in [2.05, 4.69) is 0 Å². The molecule has 10 heteroatoms. The summed E-state index contributed by atoms with van der Waals surface area (Å²) in [6, 6.07) is 0. The molecular formula is C14H26O10. The van der Waals surface area contributed by atoms with E-state index in [1.54, 1.807) is 0 Å². The van der Waals surface area contributed by atoms with Crippen LogP contribution in [0.4, 0.5) is 0 Å². The first-order valence-corrected chi connectivity index (χ1v) is 7.78. The maximum Gasteiger partial charge on any atom is 0.187 e. The van der Waals surface area contributed by atoms with Crippen molar-refractivity contribution in [3.8, 4) is 0 Å². The standard InChI is InChI=1S/C14H26O10/c1-5-8(17)9(18)13(7(4-16)22-5)24-14-11(20)10(19)12(21-2)6(3-15)23-14/h5-20H,3-4H2,1-2H3/t5?,6?,7-,8?,9?,10+,11?,12+,13+,14-/m0/s1. The van der Waals surface area contributed by atoms with Crippen LogP contribution >= 0.6 is 0 Å². The highest BCUT2D eigenvalue weighted by molar-refractivity contribution is 4.95. The van der Waals surface area contributed by atoms with Crippen molar-refractivity contribution in [1.82, 2.24) is 0 Å². The Hall–Kier alpha value is -0.400. The Kier molecular flexibility index (Phi) is 6.90. The van der Waals surface area contributed by atoms with Crippen LogP contribution in [-0.4, -0.2) is 112 Å². The fourth-order valence-electron chi connectivity index (χ4n) is 3.05. The van der Waals surface area contributed by atoms with Crippen molar-refractivity contribution in [2.75, 3.05) is 20.3 Å². The van der Waals surface area contributed by atoms with Crippen LogP contribution in [0.1, 0.15) is 6.92 Å². The lowest BCUT2D eigenvalue weighted by Crippen LogP contribution is -2.64. The normalized spacial score (nSPS) is 50.0. The number of rotatable bonds is 5. The molecule has 0 radical (unpaired) electrons. The lowest BCUT2D eigenvalue weighted by molar-refractivity contribution is -0.343. The van der Waals surface area contributed by atoms with Gasteiger partial charge < -0.3 is 49.6 Å². The summed E-state index contributed by atoms with van der Waals surface area (Å²) in [5.41, 5.74) is 0. The number of methoxy groups -OCH3 is 1. The van der Waals surface area contributed by atoms with Crippen molar-refractivity contribution in [2.45, 2.75) is 68.1 Å². The van der Waals surface area contributed by atoms with Crippen LogP contribution in [0.15, 0.2) is 0 Å². The van der Waals surface area contributed by atoms with Crippen LogP contribution in [0, 0.1) is 0 Å². The first-order chi connectivity index (χ1) is 11.3. The van der Waals surface area contributed by atoms with Gasteiger partial charge in [0.05, 0.1) is 19.3 Å². The number of hydrogen-bond donors (Lipinski definition) is 6. The van der Waals surface area contributed by atoms with E-state index in [0.717, 1.165) is 0 Å². The predicted octanol–water partition coefficient (Wildman–Crippen LogP) is -3.67. The van der Waals surface area contributed by atoms with E-state index in [1.807, 2.05) is 0 Å². The second-order valence-electron chi connectivity index (χ2n) is 6.05. The number of hydrogen-bond acceptors (Lipinski definition) is 10. The number of aliphatic hydroxyl groups excluding tert-OH is 6. The lowest BCUT2D eigenvalue weighted by atomic mass is 9.95. The van der Waals surface area contributed by atoms with Gasteiger partial charge in [0.2, 0.25) is 0 Å². The summed E-state index contributed by atoms with van der Waals surface area (Å²) in [5, 5.41) is 59.0. The molecule has 5 unspecified atom stereocenters. The maximum absolute atomic E-state index is 10.2. The Morgan fingerprint density at radius 1 is 0.792 bits per heavy atom. The molecule has 0 aromatic rings. The number of aliphatic hydroxyl groups is 6. The minimum absolute atomic E-state index is 0.491. The van der Waals surface area contributed by atoms with E-state index < -0.39 is 74.4 Å². The SMILES string of the molecule is CO[C@@H]1C(CO)O[C@@H](O[C@H]2C(O)C(O)C(C)O[C@H]2CO)C(O)[C@H]1O. The number of ether oxygens (including phenoxy) is 4. The predicted molar refractivity (Wildman–Crippen MR) is 76.9 cm³/mol. The minimum atomic E-state index is -1.53. The van der Waals surface area contributed by atoms with Crippen molar-refractivity contribution in [3.63, 3.8) is 0 Å². The third-order valence-electron chi connectivity index (χ3n) is 4.49. The molecular weight excluding hydrogens is 328 g/mol. The van der Waals surface area contributed by atoms with Crippen molar-refractivity contribution in [2.24, 2.45) is 0 Å². The zero-order valence-corrected chi connectivity index (χ0v) is 13.5. The van der Waals surface area contributed by atoms with Crippen LogP contribution in [0.25, 0.3) is 0 Å². The van der Waals surface area contributed by atoms with Crippen LogP contribution in [-0.2, 0) is 18.9 Å². The Balaban J connectivity index is 2.12. The van der Waals surface area contributed by atoms with Crippen LogP contribution in [0.3, 0.4) is 0 Å². The zero-order chi connectivity index (χ0) is 18.0. The highest BCUT2D eigenvalue weighted by atomic mass is 16.7. The Bertz CT molecular complexity index is 392. The minimum Gasteiger partial charge on any atom is -0.394 e. The molecule has 10 nitrogen and oxygen atoms in total. The molecule has 2 saturated heterocycles. The molecule has 2 rings (SSSR count). The Labute approximate surface area is 139 Å². The maximum atomic E-state index is 10.2. The van der Waals surface area contributed by atoms with E-state index in [1.165, 1.54) is 14.0 Å². The van der Waals surface area contributed by atoms with Gasteiger partial charge in [0.25, 0.3) is 0 Å². The van der Waals surface area contributed by atoms with E-state index in [9.17, 15) is 30.6 Å². The fourth-order valence-corrected chi connectivity index (χ4v) is 3.05. The molecule has 0 aromatic heterocycles. The van der Waals surface area contributed by atoms with Gasteiger partial charge in [-0.15, -0.1) is 0 Å². The highest BCUT2D eigenvalue weighted by Gasteiger charge is 2.50. The first-order valence-electron chi connectivity index (χ1n) is 7.78. The summed E-state index contributed by atoms with van der Waals surface area (Å²) in [7, 11) is 1.30. The molecule has 2 aliphatic rings.